The fourth-order valence-electron chi connectivity index (χ4n) is 4.62. The third kappa shape index (κ3) is 2.81. The van der Waals surface area contributed by atoms with Crippen molar-refractivity contribution in [2.24, 2.45) is 11.8 Å². The fourth-order valence-corrected chi connectivity index (χ4v) is 4.62. The monoisotopic (exact) mass is 327 g/mol. The van der Waals surface area contributed by atoms with Crippen LogP contribution < -0.4 is 10.2 Å². The van der Waals surface area contributed by atoms with E-state index in [0.29, 0.717) is 30.8 Å². The lowest BCUT2D eigenvalue weighted by Crippen LogP contribution is -2.41. The number of carbonyl (C=O) groups excluding carboxylic acids is 2. The molecule has 0 bridgehead atoms. The second kappa shape index (κ2) is 6.20. The molecule has 3 atom stereocenters. The Morgan fingerprint density at radius 1 is 1.29 bits per heavy atom. The van der Waals surface area contributed by atoms with Crippen LogP contribution in [0.2, 0.25) is 0 Å². The minimum atomic E-state index is 0.185. The van der Waals surface area contributed by atoms with Gasteiger partial charge in [0.05, 0.1) is 6.54 Å². The average Bonchev–Trinajstić information content (AvgIpc) is 3.18. The number of fused-ring (bicyclic) bond motifs is 2. The number of amides is 2. The normalized spacial score (nSPS) is 28.7. The molecule has 4 rings (SSSR count). The van der Waals surface area contributed by atoms with E-state index < -0.39 is 0 Å². The number of piperidine rings is 1. The molecular weight excluding hydrogens is 302 g/mol. The molecule has 24 heavy (non-hydrogen) atoms. The van der Waals surface area contributed by atoms with Crippen molar-refractivity contribution in [3.05, 3.63) is 29.8 Å². The number of nitrogens with zero attached hydrogens (tertiary/aromatic N) is 2. The molecular formula is C19H25N3O2. The number of rotatable bonds is 3. The van der Waals surface area contributed by atoms with Crippen molar-refractivity contribution in [3.63, 3.8) is 0 Å². The van der Waals surface area contributed by atoms with Crippen molar-refractivity contribution in [1.82, 2.24) is 10.2 Å². The predicted octanol–water partition coefficient (Wildman–Crippen LogP) is 1.42. The lowest BCUT2D eigenvalue weighted by atomic mass is 9.89. The summed E-state index contributed by atoms with van der Waals surface area (Å²) >= 11 is 0. The van der Waals surface area contributed by atoms with Gasteiger partial charge in [0.15, 0.2) is 0 Å². The highest BCUT2D eigenvalue weighted by Crippen LogP contribution is 2.38. The SMILES string of the molecule is CN(CC(=O)N1CCc2ccccc21)[C@H]1C[C@H]2CC(=O)NC[C@H]2C1. The molecule has 1 aromatic carbocycles. The molecule has 2 heterocycles. The molecule has 1 aliphatic carbocycles. The topological polar surface area (TPSA) is 52.7 Å². The fraction of sp³-hybridized carbons (Fsp3) is 0.579. The first-order valence-electron chi connectivity index (χ1n) is 8.97. The summed E-state index contributed by atoms with van der Waals surface area (Å²) in [7, 11) is 2.05. The first-order chi connectivity index (χ1) is 11.6. The van der Waals surface area contributed by atoms with Crippen LogP contribution in [0, 0.1) is 11.8 Å². The van der Waals surface area contributed by atoms with Crippen LogP contribution in [0.25, 0.3) is 0 Å². The van der Waals surface area contributed by atoms with Gasteiger partial charge in [-0.15, -0.1) is 0 Å². The van der Waals surface area contributed by atoms with E-state index in [0.717, 1.165) is 38.0 Å². The average molecular weight is 327 g/mol. The summed E-state index contributed by atoms with van der Waals surface area (Å²) in [6, 6.07) is 8.60. The number of carbonyl (C=O) groups is 2. The quantitative estimate of drug-likeness (QED) is 0.913. The molecule has 0 unspecified atom stereocenters. The van der Waals surface area contributed by atoms with E-state index in [1.807, 2.05) is 23.1 Å². The molecule has 1 saturated heterocycles. The van der Waals surface area contributed by atoms with Crippen molar-refractivity contribution in [3.8, 4) is 0 Å². The van der Waals surface area contributed by atoms with Crippen molar-refractivity contribution in [1.29, 1.82) is 0 Å². The molecule has 2 fully saturated rings. The molecule has 0 spiro atoms. The van der Waals surface area contributed by atoms with Gasteiger partial charge in [0.25, 0.3) is 0 Å². The molecule has 5 nitrogen and oxygen atoms in total. The van der Waals surface area contributed by atoms with E-state index >= 15 is 0 Å². The van der Waals surface area contributed by atoms with Crippen LogP contribution >= 0.6 is 0 Å². The second-order valence-corrected chi connectivity index (χ2v) is 7.49. The van der Waals surface area contributed by atoms with E-state index in [1.54, 1.807) is 0 Å². The van der Waals surface area contributed by atoms with E-state index in [9.17, 15) is 9.59 Å². The van der Waals surface area contributed by atoms with Crippen LogP contribution in [0.15, 0.2) is 24.3 Å². The molecule has 3 aliphatic rings. The van der Waals surface area contributed by atoms with Gasteiger partial charge >= 0.3 is 0 Å². The Morgan fingerprint density at radius 2 is 2.08 bits per heavy atom. The largest absolute Gasteiger partial charge is 0.356 e. The third-order valence-electron chi connectivity index (χ3n) is 6.02. The number of likely N-dealkylation sites (N-methyl/N-ethyl adjacent to an activating group) is 1. The summed E-state index contributed by atoms with van der Waals surface area (Å²) in [6.07, 6.45) is 3.74. The maximum Gasteiger partial charge on any atom is 0.241 e. The zero-order chi connectivity index (χ0) is 16.7. The van der Waals surface area contributed by atoms with Crippen LogP contribution in [0.3, 0.4) is 0 Å². The van der Waals surface area contributed by atoms with Gasteiger partial charge in [-0.3, -0.25) is 14.5 Å². The number of para-hydroxylation sites is 1. The highest BCUT2D eigenvalue weighted by atomic mass is 16.2. The highest BCUT2D eigenvalue weighted by molar-refractivity contribution is 5.96. The summed E-state index contributed by atoms with van der Waals surface area (Å²) in [5.74, 6) is 1.45. The lowest BCUT2D eigenvalue weighted by Gasteiger charge is -2.26. The van der Waals surface area contributed by atoms with Crippen LogP contribution in [-0.4, -0.2) is 49.4 Å². The Labute approximate surface area is 143 Å². The number of anilines is 1. The van der Waals surface area contributed by atoms with Crippen LogP contribution in [0.5, 0.6) is 0 Å². The van der Waals surface area contributed by atoms with Gasteiger partial charge in [-0.1, -0.05) is 18.2 Å². The van der Waals surface area contributed by atoms with Gasteiger partial charge in [-0.05, 0) is 49.8 Å². The van der Waals surface area contributed by atoms with Crippen molar-refractivity contribution in [2.75, 3.05) is 31.6 Å². The van der Waals surface area contributed by atoms with Crippen LogP contribution in [0.1, 0.15) is 24.8 Å². The standard InChI is InChI=1S/C19H25N3O2/c1-21(16-8-14-10-18(23)20-11-15(14)9-16)12-19(24)22-7-6-13-4-2-3-5-17(13)22/h2-5,14-16H,6-12H2,1H3,(H,20,23)/t14-,15+,16-/m0/s1. The summed E-state index contributed by atoms with van der Waals surface area (Å²) in [6.45, 7) is 2.06. The number of benzene rings is 1. The molecule has 1 aromatic rings. The molecule has 2 amide bonds. The Hall–Kier alpha value is -1.88. The van der Waals surface area contributed by atoms with Crippen molar-refractivity contribution < 1.29 is 9.59 Å². The minimum Gasteiger partial charge on any atom is -0.356 e. The zero-order valence-electron chi connectivity index (χ0n) is 14.2. The van der Waals surface area contributed by atoms with E-state index in [4.69, 9.17) is 0 Å². The minimum absolute atomic E-state index is 0.185. The van der Waals surface area contributed by atoms with Crippen LogP contribution in [0.4, 0.5) is 5.69 Å². The summed E-state index contributed by atoms with van der Waals surface area (Å²) < 4.78 is 0. The first-order valence-corrected chi connectivity index (χ1v) is 8.97. The lowest BCUT2D eigenvalue weighted by molar-refractivity contribution is -0.124. The number of hydrogen-bond acceptors (Lipinski definition) is 3. The van der Waals surface area contributed by atoms with Crippen LogP contribution in [-0.2, 0) is 16.0 Å². The Kier molecular flexibility index (Phi) is 4.04. The molecule has 1 N–H and O–H groups in total. The van der Waals surface area contributed by atoms with Gasteiger partial charge in [0.1, 0.15) is 0 Å². The first kappa shape index (κ1) is 15.6. The zero-order valence-corrected chi connectivity index (χ0v) is 14.2. The van der Waals surface area contributed by atoms with Gasteiger partial charge in [-0.25, -0.2) is 0 Å². The Morgan fingerprint density at radius 3 is 2.96 bits per heavy atom. The van der Waals surface area contributed by atoms with Crippen molar-refractivity contribution >= 4 is 17.5 Å². The van der Waals surface area contributed by atoms with Gasteiger partial charge < -0.3 is 10.2 Å². The van der Waals surface area contributed by atoms with Crippen molar-refractivity contribution in [2.45, 2.75) is 31.7 Å². The molecule has 0 radical (unpaired) electrons. The van der Waals surface area contributed by atoms with Gasteiger partial charge in [0.2, 0.25) is 11.8 Å². The summed E-state index contributed by atoms with van der Waals surface area (Å²) in [5.41, 5.74) is 2.34. The molecule has 128 valence electrons. The Balaban J connectivity index is 1.37. The maximum atomic E-state index is 12.8. The maximum absolute atomic E-state index is 12.8. The predicted molar refractivity (Wildman–Crippen MR) is 92.8 cm³/mol. The highest BCUT2D eigenvalue weighted by Gasteiger charge is 2.40. The van der Waals surface area contributed by atoms with E-state index in [1.165, 1.54) is 5.56 Å². The van der Waals surface area contributed by atoms with Gasteiger partial charge in [-0.2, -0.15) is 0 Å². The van der Waals surface area contributed by atoms with Gasteiger partial charge in [0, 0.05) is 31.2 Å². The third-order valence-corrected chi connectivity index (χ3v) is 6.02. The summed E-state index contributed by atoms with van der Waals surface area (Å²) in [5, 5.41) is 2.98. The van der Waals surface area contributed by atoms with E-state index in [-0.39, 0.29) is 11.8 Å². The molecule has 0 aromatic heterocycles. The summed E-state index contributed by atoms with van der Waals surface area (Å²) in [4.78, 5) is 28.5. The molecule has 5 heteroatoms. The Bertz CT molecular complexity index is 660. The molecule has 1 saturated carbocycles. The smallest absolute Gasteiger partial charge is 0.241 e. The number of hydrogen-bond donors (Lipinski definition) is 1. The van der Waals surface area contributed by atoms with E-state index in [2.05, 4.69) is 23.3 Å². The second-order valence-electron chi connectivity index (χ2n) is 7.49. The molecule has 2 aliphatic heterocycles. The number of nitrogens with one attached hydrogen (secondary N) is 1.